The van der Waals surface area contributed by atoms with E-state index in [9.17, 15) is 13.9 Å². The maximum absolute atomic E-state index is 13.3. The van der Waals surface area contributed by atoms with Gasteiger partial charge in [-0.3, -0.25) is 4.98 Å². The molecular formula is C22H27F2N5O3. The zero-order chi connectivity index (χ0) is 23.1. The Morgan fingerprint density at radius 1 is 1.16 bits per heavy atom. The molecule has 1 unspecified atom stereocenters. The summed E-state index contributed by atoms with van der Waals surface area (Å²) in [7, 11) is 3.16. The average Bonchev–Trinajstić information content (AvgIpc) is 2.79. The van der Waals surface area contributed by atoms with Gasteiger partial charge in [-0.1, -0.05) is 0 Å². The monoisotopic (exact) mass is 447 g/mol. The number of aliphatic hydroxyl groups is 1. The summed E-state index contributed by atoms with van der Waals surface area (Å²) >= 11 is 0. The molecule has 3 rings (SSSR count). The predicted molar refractivity (Wildman–Crippen MR) is 119 cm³/mol. The van der Waals surface area contributed by atoms with Gasteiger partial charge in [0.1, 0.15) is 17.0 Å². The van der Waals surface area contributed by atoms with Gasteiger partial charge in [0, 0.05) is 30.8 Å². The average molecular weight is 447 g/mol. The molecule has 10 heteroatoms. The molecule has 0 saturated carbocycles. The van der Waals surface area contributed by atoms with Crippen LogP contribution in [0.25, 0.3) is 11.0 Å². The minimum Gasteiger partial charge on any atom is -0.497 e. The number of methoxy groups -OCH3 is 2. The van der Waals surface area contributed by atoms with Gasteiger partial charge < -0.3 is 25.2 Å². The maximum Gasteiger partial charge on any atom is 0.245 e. The number of aliphatic hydroxyl groups excluding tert-OH is 1. The standard InChI is InChI=1S/C22H27F2N5O3/c1-22(23,24)9-8-15(13-30)27-20-19-17(5-4-10-25-19)28-21(29-20)26-12-14-6-7-16(31-2)11-18(14)32-3/h4-7,10-11,15,30H,8-9,12-13H2,1-3H3,(H2,26,27,28,29). The molecular weight excluding hydrogens is 420 g/mol. The third kappa shape index (κ3) is 6.13. The molecule has 1 aromatic carbocycles. The van der Waals surface area contributed by atoms with Crippen LogP contribution in [0.5, 0.6) is 11.5 Å². The van der Waals surface area contributed by atoms with Gasteiger partial charge in [0.25, 0.3) is 0 Å². The highest BCUT2D eigenvalue weighted by atomic mass is 19.3. The topological polar surface area (TPSA) is 101 Å². The van der Waals surface area contributed by atoms with E-state index < -0.39 is 12.0 Å². The number of anilines is 2. The lowest BCUT2D eigenvalue weighted by Gasteiger charge is -2.20. The van der Waals surface area contributed by atoms with Crippen LogP contribution >= 0.6 is 0 Å². The molecule has 0 spiro atoms. The summed E-state index contributed by atoms with van der Waals surface area (Å²) in [5.74, 6) is -0.802. The molecule has 0 amide bonds. The second-order valence-corrected chi connectivity index (χ2v) is 7.43. The second-order valence-electron chi connectivity index (χ2n) is 7.43. The molecule has 2 aromatic heterocycles. The van der Waals surface area contributed by atoms with Gasteiger partial charge in [0.2, 0.25) is 11.9 Å². The number of fused-ring (bicyclic) bond motifs is 1. The van der Waals surface area contributed by atoms with Crippen molar-refractivity contribution in [2.45, 2.75) is 38.3 Å². The smallest absolute Gasteiger partial charge is 0.245 e. The van der Waals surface area contributed by atoms with Crippen LogP contribution in [0.2, 0.25) is 0 Å². The van der Waals surface area contributed by atoms with Crippen LogP contribution in [-0.4, -0.2) is 52.8 Å². The quantitative estimate of drug-likeness (QED) is 0.407. The van der Waals surface area contributed by atoms with Crippen molar-refractivity contribution in [3.63, 3.8) is 0 Å². The summed E-state index contributed by atoms with van der Waals surface area (Å²) in [6, 6.07) is 8.41. The molecule has 0 saturated heterocycles. The third-order valence-electron chi connectivity index (χ3n) is 4.88. The summed E-state index contributed by atoms with van der Waals surface area (Å²) in [5.41, 5.74) is 1.93. The van der Waals surface area contributed by atoms with Crippen molar-refractivity contribution >= 4 is 22.8 Å². The summed E-state index contributed by atoms with van der Waals surface area (Å²) < 4.78 is 37.2. The molecule has 3 aromatic rings. The van der Waals surface area contributed by atoms with Gasteiger partial charge in [0.05, 0.1) is 32.4 Å². The number of alkyl halides is 2. The summed E-state index contributed by atoms with van der Waals surface area (Å²) in [6.07, 6.45) is 1.31. The van der Waals surface area contributed by atoms with E-state index >= 15 is 0 Å². The highest BCUT2D eigenvalue weighted by molar-refractivity contribution is 5.86. The van der Waals surface area contributed by atoms with Gasteiger partial charge in [-0.25, -0.2) is 13.8 Å². The zero-order valence-corrected chi connectivity index (χ0v) is 18.2. The molecule has 3 N–H and O–H groups in total. The van der Waals surface area contributed by atoms with Gasteiger partial charge in [-0.2, -0.15) is 4.98 Å². The first-order valence-corrected chi connectivity index (χ1v) is 10.2. The second kappa shape index (κ2) is 10.4. The number of aromatic nitrogens is 3. The first-order chi connectivity index (χ1) is 15.3. The van der Waals surface area contributed by atoms with Crippen LogP contribution in [0.3, 0.4) is 0 Å². The van der Waals surface area contributed by atoms with Crippen molar-refractivity contribution < 1.29 is 23.4 Å². The van der Waals surface area contributed by atoms with E-state index in [0.29, 0.717) is 40.8 Å². The van der Waals surface area contributed by atoms with Crippen molar-refractivity contribution in [3.05, 3.63) is 42.1 Å². The first kappa shape index (κ1) is 23.4. The van der Waals surface area contributed by atoms with Crippen LogP contribution in [0, 0.1) is 0 Å². The molecule has 0 fully saturated rings. The lowest BCUT2D eigenvalue weighted by molar-refractivity contribution is 0.00851. The molecule has 172 valence electrons. The fourth-order valence-electron chi connectivity index (χ4n) is 3.15. The molecule has 0 bridgehead atoms. The number of nitrogens with zero attached hydrogens (tertiary/aromatic N) is 3. The molecule has 8 nitrogen and oxygen atoms in total. The van der Waals surface area contributed by atoms with E-state index in [2.05, 4.69) is 25.6 Å². The van der Waals surface area contributed by atoms with Crippen molar-refractivity contribution in [1.29, 1.82) is 0 Å². The van der Waals surface area contributed by atoms with E-state index in [-0.39, 0.29) is 19.4 Å². The SMILES string of the molecule is COc1ccc(CNc2nc(NC(CO)CCC(C)(F)F)c3ncccc3n2)c(OC)c1. The van der Waals surface area contributed by atoms with Gasteiger partial charge in [-0.05, 0) is 37.6 Å². The summed E-state index contributed by atoms with van der Waals surface area (Å²) in [4.78, 5) is 13.3. The molecule has 2 heterocycles. The van der Waals surface area contributed by atoms with Gasteiger partial charge >= 0.3 is 0 Å². The Labute approximate surface area is 185 Å². The Kier molecular flexibility index (Phi) is 7.57. The Balaban J connectivity index is 1.83. The Hall–Kier alpha value is -3.27. The van der Waals surface area contributed by atoms with Crippen molar-refractivity contribution in [2.24, 2.45) is 0 Å². The highest BCUT2D eigenvalue weighted by Crippen LogP contribution is 2.27. The number of halogens is 2. The van der Waals surface area contributed by atoms with Crippen LogP contribution in [0.15, 0.2) is 36.5 Å². The fourth-order valence-corrected chi connectivity index (χ4v) is 3.15. The molecule has 0 radical (unpaired) electrons. The molecule has 32 heavy (non-hydrogen) atoms. The van der Waals surface area contributed by atoms with E-state index in [4.69, 9.17) is 9.47 Å². The molecule has 0 aliphatic heterocycles. The molecule has 0 aliphatic rings. The number of benzene rings is 1. The number of nitrogens with one attached hydrogen (secondary N) is 2. The van der Waals surface area contributed by atoms with Crippen molar-refractivity contribution in [1.82, 2.24) is 15.0 Å². The predicted octanol–water partition coefficient (Wildman–Crippen LogP) is 3.86. The minimum atomic E-state index is -2.81. The fraction of sp³-hybridized carbons (Fsp3) is 0.409. The molecule has 1 atom stereocenters. The lowest BCUT2D eigenvalue weighted by Crippen LogP contribution is -2.27. The van der Waals surface area contributed by atoms with Crippen LogP contribution in [0.4, 0.5) is 20.5 Å². The summed E-state index contributed by atoms with van der Waals surface area (Å²) in [6.45, 7) is 0.919. The largest absolute Gasteiger partial charge is 0.497 e. The minimum absolute atomic E-state index is 0.0736. The Bertz CT molecular complexity index is 1050. The van der Waals surface area contributed by atoms with Crippen molar-refractivity contribution in [3.8, 4) is 11.5 Å². The van der Waals surface area contributed by atoms with Crippen molar-refractivity contribution in [2.75, 3.05) is 31.5 Å². The van der Waals surface area contributed by atoms with E-state index in [1.54, 1.807) is 38.6 Å². The summed E-state index contributed by atoms with van der Waals surface area (Å²) in [5, 5.41) is 15.9. The molecule has 0 aliphatic carbocycles. The normalized spacial score (nSPS) is 12.4. The van der Waals surface area contributed by atoms with E-state index in [1.807, 2.05) is 12.1 Å². The Morgan fingerprint density at radius 3 is 2.66 bits per heavy atom. The van der Waals surface area contributed by atoms with Gasteiger partial charge in [-0.15, -0.1) is 0 Å². The van der Waals surface area contributed by atoms with E-state index in [1.165, 1.54) is 0 Å². The highest BCUT2D eigenvalue weighted by Gasteiger charge is 2.23. The number of pyridine rings is 1. The maximum atomic E-state index is 13.3. The zero-order valence-electron chi connectivity index (χ0n) is 18.2. The van der Waals surface area contributed by atoms with Crippen LogP contribution < -0.4 is 20.1 Å². The van der Waals surface area contributed by atoms with Crippen LogP contribution in [0.1, 0.15) is 25.3 Å². The number of hydrogen-bond donors (Lipinski definition) is 3. The lowest BCUT2D eigenvalue weighted by atomic mass is 10.1. The first-order valence-electron chi connectivity index (χ1n) is 10.2. The van der Waals surface area contributed by atoms with E-state index in [0.717, 1.165) is 12.5 Å². The Morgan fingerprint density at radius 2 is 1.97 bits per heavy atom. The third-order valence-corrected chi connectivity index (χ3v) is 4.88. The number of rotatable bonds is 11. The van der Waals surface area contributed by atoms with Gasteiger partial charge in [0.15, 0.2) is 5.82 Å². The number of hydrogen-bond acceptors (Lipinski definition) is 8. The van der Waals surface area contributed by atoms with Crippen LogP contribution in [-0.2, 0) is 6.54 Å². The number of ether oxygens (including phenoxy) is 2.